The van der Waals surface area contributed by atoms with Crippen molar-refractivity contribution in [3.63, 3.8) is 0 Å². The predicted molar refractivity (Wildman–Crippen MR) is 67.3 cm³/mol. The third-order valence-electron chi connectivity index (χ3n) is 3.06. The van der Waals surface area contributed by atoms with Gasteiger partial charge in [-0.05, 0) is 30.7 Å². The minimum atomic E-state index is -6.00. The molecule has 0 spiro atoms. The smallest absolute Gasteiger partial charge is 0.418 e. The number of hydrogen-bond acceptors (Lipinski definition) is 1. The van der Waals surface area contributed by atoms with E-state index in [0.717, 1.165) is 37.3 Å². The van der Waals surface area contributed by atoms with E-state index in [4.69, 9.17) is 0 Å². The maximum atomic E-state index is 12.4. The molecule has 0 amide bonds. The molecule has 3 rings (SSSR count). The number of nitrogens with zero attached hydrogens (tertiary/aromatic N) is 3. The van der Waals surface area contributed by atoms with Gasteiger partial charge in [0, 0.05) is 11.5 Å². The van der Waals surface area contributed by atoms with Gasteiger partial charge in [0.2, 0.25) is 6.33 Å². The summed E-state index contributed by atoms with van der Waals surface area (Å²) in [5, 5.41) is 4.35. The summed E-state index contributed by atoms with van der Waals surface area (Å²) in [5.74, 6) is 0.981. The minimum Gasteiger partial charge on any atom is -0.418 e. The van der Waals surface area contributed by atoms with E-state index < -0.39 is 19.0 Å². The van der Waals surface area contributed by atoms with Gasteiger partial charge in [0.25, 0.3) is 5.82 Å². The molecule has 23 heavy (non-hydrogen) atoms. The fourth-order valence-electron chi connectivity index (χ4n) is 2.12. The second-order valence-electron chi connectivity index (χ2n) is 4.81. The van der Waals surface area contributed by atoms with E-state index in [1.54, 1.807) is 4.68 Å². The highest BCUT2D eigenvalue weighted by molar-refractivity contribution is 6.50. The molecule has 1 aromatic carbocycles. The van der Waals surface area contributed by atoms with Crippen LogP contribution in [0.5, 0.6) is 0 Å². The molecule has 11 heteroatoms. The minimum absolute atomic E-state index is 0.640. The van der Waals surface area contributed by atoms with Gasteiger partial charge in [0.05, 0.1) is 12.1 Å². The summed E-state index contributed by atoms with van der Waals surface area (Å²) < 4.78 is 79.9. The first-order valence-corrected chi connectivity index (χ1v) is 6.57. The Kier molecular flexibility index (Phi) is 4.67. The zero-order valence-electron chi connectivity index (χ0n) is 11.6. The number of halogens is 7. The third-order valence-corrected chi connectivity index (χ3v) is 3.06. The number of aryl methyl sites for hydroxylation is 2. The van der Waals surface area contributed by atoms with Crippen LogP contribution in [0.25, 0.3) is 5.69 Å². The molecule has 0 aliphatic carbocycles. The number of rotatable bonds is 1. The number of aromatic nitrogens is 3. The zero-order valence-corrected chi connectivity index (χ0v) is 11.6. The zero-order chi connectivity index (χ0) is 17.3. The number of benzene rings is 1. The number of alkyl halides is 3. The van der Waals surface area contributed by atoms with E-state index in [1.165, 1.54) is 12.1 Å². The molecule has 0 saturated carbocycles. The highest BCUT2D eigenvalue weighted by Gasteiger charge is 2.30. The first-order chi connectivity index (χ1) is 10.5. The van der Waals surface area contributed by atoms with E-state index in [1.807, 2.05) is 10.9 Å². The molecular weight excluding hydrogens is 330 g/mol. The lowest BCUT2D eigenvalue weighted by Gasteiger charge is -2.05. The van der Waals surface area contributed by atoms with Gasteiger partial charge in [-0.15, -0.1) is 0 Å². The van der Waals surface area contributed by atoms with Crippen LogP contribution in [0.3, 0.4) is 0 Å². The van der Waals surface area contributed by atoms with Gasteiger partial charge in [-0.1, -0.05) is 4.68 Å². The summed E-state index contributed by atoms with van der Waals surface area (Å²) in [6, 6.07) is 5.02. The summed E-state index contributed by atoms with van der Waals surface area (Å²) in [4.78, 5) is 0. The fourth-order valence-corrected chi connectivity index (χ4v) is 2.12. The lowest BCUT2D eigenvalue weighted by atomic mass is 10.2. The number of hydrogen-bond donors (Lipinski definition) is 0. The Labute approximate surface area is 126 Å². The quantitative estimate of drug-likeness (QED) is 0.443. The molecule has 0 bridgehead atoms. The summed E-state index contributed by atoms with van der Waals surface area (Å²) >= 11 is 0. The molecular formula is C12H11BF7N3. The summed E-state index contributed by atoms with van der Waals surface area (Å²) in [6.07, 6.45) is -0.464. The molecule has 126 valence electrons. The van der Waals surface area contributed by atoms with Crippen molar-refractivity contribution in [3.05, 3.63) is 42.0 Å². The van der Waals surface area contributed by atoms with Crippen molar-refractivity contribution < 1.29 is 35.0 Å². The molecule has 0 unspecified atom stereocenters. The van der Waals surface area contributed by atoms with Crippen LogP contribution in [0.4, 0.5) is 30.4 Å². The molecule has 2 aromatic rings. The molecule has 1 aliphatic rings. The molecule has 1 aromatic heterocycles. The SMILES string of the molecule is FC(F)(F)c1ccc(-n2c[n+]3c(n2)CCC3)cc1.F[B-](F)(F)F. The molecule has 0 fully saturated rings. The normalized spacial score (nSPS) is 14.2. The Hall–Kier alpha value is -2.07. The fraction of sp³-hybridized carbons (Fsp3) is 0.333. The molecule has 1 aliphatic heterocycles. The van der Waals surface area contributed by atoms with Crippen LogP contribution in [0.2, 0.25) is 0 Å². The van der Waals surface area contributed by atoms with Crippen LogP contribution in [0.15, 0.2) is 30.6 Å². The van der Waals surface area contributed by atoms with E-state index in [2.05, 4.69) is 5.10 Å². The highest BCUT2D eigenvalue weighted by atomic mass is 19.5. The van der Waals surface area contributed by atoms with Gasteiger partial charge in [-0.3, -0.25) is 0 Å². The summed E-state index contributed by atoms with van der Waals surface area (Å²) in [5.41, 5.74) is 0.00324. The van der Waals surface area contributed by atoms with Crippen LogP contribution < -0.4 is 4.57 Å². The second kappa shape index (κ2) is 6.21. The van der Waals surface area contributed by atoms with Crippen molar-refractivity contribution in [2.24, 2.45) is 0 Å². The average molecular weight is 341 g/mol. The average Bonchev–Trinajstić information content (AvgIpc) is 2.96. The van der Waals surface area contributed by atoms with Crippen LogP contribution in [0.1, 0.15) is 17.8 Å². The van der Waals surface area contributed by atoms with Gasteiger partial charge in [-0.2, -0.15) is 13.2 Å². The Bertz CT molecular complexity index is 633. The van der Waals surface area contributed by atoms with E-state index >= 15 is 0 Å². The maximum absolute atomic E-state index is 12.4. The second-order valence-corrected chi connectivity index (χ2v) is 4.81. The Morgan fingerprint density at radius 3 is 2.09 bits per heavy atom. The molecule has 3 nitrogen and oxygen atoms in total. The van der Waals surface area contributed by atoms with Gasteiger partial charge < -0.3 is 17.3 Å². The lowest BCUT2D eigenvalue weighted by Crippen LogP contribution is -2.29. The molecule has 0 saturated heterocycles. The molecule has 0 radical (unpaired) electrons. The third kappa shape index (κ3) is 4.97. The topological polar surface area (TPSA) is 21.7 Å². The highest BCUT2D eigenvalue weighted by Crippen LogP contribution is 2.29. The first kappa shape index (κ1) is 17.3. The first-order valence-electron chi connectivity index (χ1n) is 6.57. The standard InChI is InChI=1S/C12H11F3N3.BF4/c13-12(14,15)9-3-5-10(6-4-9)18-8-17-7-1-2-11(17)16-18;2-1(3,4)5/h3-6,8H,1-2,7H2;/q+1;-1. The van der Waals surface area contributed by atoms with Gasteiger partial charge in [0.1, 0.15) is 5.69 Å². The van der Waals surface area contributed by atoms with Crippen LogP contribution in [0, 0.1) is 0 Å². The largest absolute Gasteiger partial charge is 0.673 e. The van der Waals surface area contributed by atoms with E-state index in [9.17, 15) is 30.4 Å². The molecule has 0 N–H and O–H groups in total. The van der Waals surface area contributed by atoms with Crippen molar-refractivity contribution in [2.45, 2.75) is 25.6 Å². The summed E-state index contributed by atoms with van der Waals surface area (Å²) in [6.45, 7) is 0.927. The van der Waals surface area contributed by atoms with E-state index in [0.29, 0.717) is 5.69 Å². The van der Waals surface area contributed by atoms with Crippen molar-refractivity contribution in [3.8, 4) is 5.69 Å². The van der Waals surface area contributed by atoms with Crippen LogP contribution in [-0.4, -0.2) is 17.0 Å². The van der Waals surface area contributed by atoms with Crippen LogP contribution >= 0.6 is 0 Å². The van der Waals surface area contributed by atoms with Gasteiger partial charge in [-0.25, -0.2) is 4.57 Å². The molecule has 0 atom stereocenters. The Balaban J connectivity index is 0.000000338. The summed E-state index contributed by atoms with van der Waals surface area (Å²) in [7, 11) is -6.00. The lowest BCUT2D eigenvalue weighted by molar-refractivity contribution is -0.691. The molecule has 2 heterocycles. The number of fused-ring (bicyclic) bond motifs is 1. The van der Waals surface area contributed by atoms with Crippen molar-refractivity contribution in [2.75, 3.05) is 0 Å². The van der Waals surface area contributed by atoms with Crippen LogP contribution in [-0.2, 0) is 19.1 Å². The van der Waals surface area contributed by atoms with Crippen molar-refractivity contribution >= 4 is 7.25 Å². The van der Waals surface area contributed by atoms with Gasteiger partial charge in [0.15, 0.2) is 0 Å². The monoisotopic (exact) mass is 341 g/mol. The Morgan fingerprint density at radius 2 is 1.61 bits per heavy atom. The predicted octanol–water partition coefficient (Wildman–Crippen LogP) is 3.42. The van der Waals surface area contributed by atoms with Crippen molar-refractivity contribution in [1.82, 2.24) is 9.78 Å². The Morgan fingerprint density at radius 1 is 1.04 bits per heavy atom. The van der Waals surface area contributed by atoms with Gasteiger partial charge >= 0.3 is 13.4 Å². The van der Waals surface area contributed by atoms with E-state index in [-0.39, 0.29) is 0 Å². The maximum Gasteiger partial charge on any atom is 0.673 e. The van der Waals surface area contributed by atoms with Crippen molar-refractivity contribution in [1.29, 1.82) is 0 Å².